The molecule has 12 heteroatoms. The number of nitrogens with two attached hydrogens (primary N) is 2. The maximum atomic E-state index is 11.7. The highest BCUT2D eigenvalue weighted by Gasteiger charge is 2.51. The summed E-state index contributed by atoms with van der Waals surface area (Å²) in [6, 6.07) is -2.42. The summed E-state index contributed by atoms with van der Waals surface area (Å²) < 4.78 is 24.2. The van der Waals surface area contributed by atoms with Gasteiger partial charge in [0.1, 0.15) is 30.0 Å². The Balaban J connectivity index is 1.75. The molecule has 47 heavy (non-hydrogen) atoms. The van der Waals surface area contributed by atoms with Crippen molar-refractivity contribution in [3.63, 3.8) is 0 Å². The first-order valence-electron chi connectivity index (χ1n) is 17.2. The third-order valence-corrected chi connectivity index (χ3v) is 9.45. The number of allylic oxidation sites excluding steroid dienone is 6. The van der Waals surface area contributed by atoms with Crippen molar-refractivity contribution in [2.45, 2.75) is 165 Å². The molecule has 2 saturated heterocycles. The summed E-state index contributed by atoms with van der Waals surface area (Å²) in [6.07, 6.45) is 6.00. The average molecular weight is 667 g/mol. The summed E-state index contributed by atoms with van der Waals surface area (Å²) >= 11 is 0. The second kappa shape index (κ2) is 18.4. The van der Waals surface area contributed by atoms with E-state index >= 15 is 0 Å². The molecule has 9 N–H and O–H groups in total. The summed E-state index contributed by atoms with van der Waals surface area (Å²) in [5.74, 6) is 0. The Morgan fingerprint density at radius 1 is 0.979 bits per heavy atom. The first-order chi connectivity index (χ1) is 22.1. The number of hydrogen-bond acceptors (Lipinski definition) is 12. The van der Waals surface area contributed by atoms with E-state index in [2.05, 4.69) is 45.2 Å². The second-order valence-electron chi connectivity index (χ2n) is 14.2. The quantitative estimate of drug-likeness (QED) is 0.106. The van der Waals surface area contributed by atoms with E-state index in [1.165, 1.54) is 11.1 Å². The molecule has 2 heterocycles. The van der Waals surface area contributed by atoms with Gasteiger partial charge in [0, 0.05) is 12.3 Å². The third-order valence-electron chi connectivity index (χ3n) is 9.45. The number of nitrogens with one attached hydrogen (secondary N) is 1. The van der Waals surface area contributed by atoms with Gasteiger partial charge < -0.3 is 56.2 Å². The summed E-state index contributed by atoms with van der Waals surface area (Å²) in [6.45, 7) is 11.6. The number of hydrogen-bond donors (Lipinski definition) is 7. The Morgan fingerprint density at radius 3 is 2.30 bits per heavy atom. The monoisotopic (exact) mass is 666 g/mol. The number of ether oxygens (including phenoxy) is 4. The standard InChI is InChI=1S/C35H62N4O8/c1-20(2)10-8-11-21(3)12-9-13-22(4)16-17-39-26-18-25(37)30(46-33-24(36)14-15-27(45-33)23(5)40)28(41)31(26)47-34-29(42)32(38-7)35(6,43)19-44-34/h10,12,16-17,23-34,38,40-43H,8-9,11,13-15,18-19,36-37H2,1-7H3/b21-12+,22-16+,39-17+. The Morgan fingerprint density at radius 2 is 1.64 bits per heavy atom. The van der Waals surface area contributed by atoms with E-state index in [0.717, 1.165) is 31.3 Å². The van der Waals surface area contributed by atoms with Crippen LogP contribution in [0.4, 0.5) is 0 Å². The van der Waals surface area contributed by atoms with Gasteiger partial charge in [0.2, 0.25) is 0 Å². The van der Waals surface area contributed by atoms with Crippen LogP contribution in [0.25, 0.3) is 0 Å². The highest BCUT2D eigenvalue weighted by molar-refractivity contribution is 5.72. The van der Waals surface area contributed by atoms with Crippen LogP contribution in [-0.2, 0) is 18.9 Å². The summed E-state index contributed by atoms with van der Waals surface area (Å²) in [5, 5.41) is 46.5. The molecular weight excluding hydrogens is 604 g/mol. The maximum Gasteiger partial charge on any atom is 0.185 e. The van der Waals surface area contributed by atoms with Gasteiger partial charge in [-0.25, -0.2) is 0 Å². The number of rotatable bonds is 14. The molecule has 0 aromatic rings. The molecule has 0 aromatic carbocycles. The molecular formula is C35H62N4O8. The molecule has 1 aliphatic carbocycles. The fourth-order valence-corrected chi connectivity index (χ4v) is 6.51. The van der Waals surface area contributed by atoms with Gasteiger partial charge in [0.05, 0.1) is 36.9 Å². The molecule has 0 aromatic heterocycles. The molecule has 1 saturated carbocycles. The molecule has 13 atom stereocenters. The first-order valence-corrected chi connectivity index (χ1v) is 17.2. The minimum Gasteiger partial charge on any atom is -0.391 e. The van der Waals surface area contributed by atoms with Gasteiger partial charge in [-0.15, -0.1) is 0 Å². The molecule has 0 radical (unpaired) electrons. The topological polar surface area (TPSA) is 194 Å². The van der Waals surface area contributed by atoms with Gasteiger partial charge >= 0.3 is 0 Å². The fourth-order valence-electron chi connectivity index (χ4n) is 6.51. The molecule has 3 rings (SSSR count). The van der Waals surface area contributed by atoms with Crippen molar-refractivity contribution in [2.24, 2.45) is 16.5 Å². The van der Waals surface area contributed by atoms with Crippen molar-refractivity contribution in [1.29, 1.82) is 0 Å². The predicted octanol–water partition coefficient (Wildman–Crippen LogP) is 1.98. The van der Waals surface area contributed by atoms with E-state index in [4.69, 9.17) is 35.4 Å². The van der Waals surface area contributed by atoms with Crippen LogP contribution in [0.15, 0.2) is 39.9 Å². The van der Waals surface area contributed by atoms with Gasteiger partial charge in [0.25, 0.3) is 0 Å². The normalized spacial score (nSPS) is 39.6. The van der Waals surface area contributed by atoms with Gasteiger partial charge in [-0.3, -0.25) is 4.99 Å². The Kier molecular flexibility index (Phi) is 15.7. The molecule has 13 unspecified atom stereocenters. The molecule has 3 aliphatic rings. The predicted molar refractivity (Wildman–Crippen MR) is 183 cm³/mol. The van der Waals surface area contributed by atoms with Crippen LogP contribution < -0.4 is 16.8 Å². The lowest BCUT2D eigenvalue weighted by atomic mass is 9.83. The minimum absolute atomic E-state index is 0.0906. The number of aliphatic hydroxyl groups excluding tert-OH is 3. The molecule has 12 nitrogen and oxygen atoms in total. The van der Waals surface area contributed by atoms with E-state index < -0.39 is 79.0 Å². The fraction of sp³-hybridized carbons (Fsp3) is 0.800. The number of aliphatic hydroxyl groups is 4. The molecule has 2 aliphatic heterocycles. The van der Waals surface area contributed by atoms with Crippen LogP contribution in [0.5, 0.6) is 0 Å². The zero-order valence-corrected chi connectivity index (χ0v) is 29.4. The number of nitrogens with zero attached hydrogens (tertiary/aromatic N) is 1. The largest absolute Gasteiger partial charge is 0.391 e. The van der Waals surface area contributed by atoms with E-state index in [9.17, 15) is 20.4 Å². The summed E-state index contributed by atoms with van der Waals surface area (Å²) in [4.78, 5) is 4.76. The highest BCUT2D eigenvalue weighted by Crippen LogP contribution is 2.33. The lowest BCUT2D eigenvalue weighted by Crippen LogP contribution is -2.67. The van der Waals surface area contributed by atoms with E-state index in [0.29, 0.717) is 19.3 Å². The SMILES string of the molecule is CNC1C(O)C(OC2C(/N=C/C=C(\C)CC/C=C(\C)CCC=C(C)C)CC(N)C(OC3OC(C(C)O)CCC3N)C2O)OCC1(C)O. The van der Waals surface area contributed by atoms with Crippen molar-refractivity contribution < 1.29 is 39.4 Å². The van der Waals surface area contributed by atoms with E-state index in [1.54, 1.807) is 27.1 Å². The van der Waals surface area contributed by atoms with Crippen LogP contribution in [0.3, 0.4) is 0 Å². The van der Waals surface area contributed by atoms with Crippen molar-refractivity contribution in [3.05, 3.63) is 34.9 Å². The smallest absolute Gasteiger partial charge is 0.185 e. The Labute approximate surface area is 281 Å². The van der Waals surface area contributed by atoms with Crippen molar-refractivity contribution in [3.8, 4) is 0 Å². The zero-order valence-electron chi connectivity index (χ0n) is 29.4. The third kappa shape index (κ3) is 11.5. The summed E-state index contributed by atoms with van der Waals surface area (Å²) in [7, 11) is 1.64. The van der Waals surface area contributed by atoms with E-state index in [-0.39, 0.29) is 6.61 Å². The van der Waals surface area contributed by atoms with Crippen LogP contribution >= 0.6 is 0 Å². The van der Waals surface area contributed by atoms with Crippen LogP contribution in [0.1, 0.15) is 86.5 Å². The Bertz CT molecular complexity index is 1090. The molecule has 0 spiro atoms. The van der Waals surface area contributed by atoms with Crippen LogP contribution in [-0.4, -0.2) is 119 Å². The van der Waals surface area contributed by atoms with Crippen molar-refractivity contribution >= 4 is 6.21 Å². The van der Waals surface area contributed by atoms with Crippen molar-refractivity contribution in [1.82, 2.24) is 5.32 Å². The lowest BCUT2D eigenvalue weighted by Gasteiger charge is -2.48. The average Bonchev–Trinajstić information content (AvgIpc) is 2.98. The van der Waals surface area contributed by atoms with Crippen LogP contribution in [0, 0.1) is 0 Å². The molecule has 0 bridgehead atoms. The van der Waals surface area contributed by atoms with Crippen molar-refractivity contribution in [2.75, 3.05) is 13.7 Å². The minimum atomic E-state index is -1.33. The molecule has 3 fully saturated rings. The second-order valence-corrected chi connectivity index (χ2v) is 14.2. The highest BCUT2D eigenvalue weighted by atomic mass is 16.7. The Hall–Kier alpha value is -1.55. The van der Waals surface area contributed by atoms with E-state index in [1.807, 2.05) is 6.08 Å². The van der Waals surface area contributed by atoms with Gasteiger partial charge in [-0.1, -0.05) is 28.9 Å². The lowest BCUT2D eigenvalue weighted by molar-refractivity contribution is -0.308. The van der Waals surface area contributed by atoms with Gasteiger partial charge in [-0.05, 0) is 99.6 Å². The van der Waals surface area contributed by atoms with Gasteiger partial charge in [-0.2, -0.15) is 0 Å². The zero-order chi connectivity index (χ0) is 34.9. The molecule has 270 valence electrons. The molecule has 0 amide bonds. The first kappa shape index (κ1) is 39.9. The summed E-state index contributed by atoms with van der Waals surface area (Å²) in [5.41, 5.74) is 15.4. The number of aliphatic imine (C=N–C) groups is 1. The number of likely N-dealkylation sites (N-methyl/N-ethyl adjacent to an activating group) is 1. The van der Waals surface area contributed by atoms with Gasteiger partial charge in [0.15, 0.2) is 12.6 Å². The van der Waals surface area contributed by atoms with Crippen LogP contribution in [0.2, 0.25) is 0 Å². The maximum absolute atomic E-state index is 11.7.